The lowest BCUT2D eigenvalue weighted by Gasteiger charge is -2.34. The fourth-order valence-electron chi connectivity index (χ4n) is 5.02. The lowest BCUT2D eigenvalue weighted by molar-refractivity contribution is -0.117. The molecule has 1 aliphatic carbocycles. The number of hydrogen-bond donors (Lipinski definition) is 3. The lowest BCUT2D eigenvalue weighted by Crippen LogP contribution is -2.49. The number of amides is 2. The topological polar surface area (TPSA) is 180 Å². The number of methoxy groups -OCH3 is 2. The molecule has 1 saturated carbocycles. The minimum atomic E-state index is -0.616. The number of hydrogen-bond acceptors (Lipinski definition) is 13. The van der Waals surface area contributed by atoms with E-state index in [2.05, 4.69) is 30.8 Å². The number of rotatable bonds is 8. The van der Waals surface area contributed by atoms with Gasteiger partial charge in [0.15, 0.2) is 5.82 Å². The first kappa shape index (κ1) is 26.6. The highest BCUT2D eigenvalue weighted by atomic mass is 16.5. The fraction of sp³-hybridized carbons (Fsp3) is 0.520. The third kappa shape index (κ3) is 5.96. The predicted octanol–water partition coefficient (Wildman–Crippen LogP) is 1.13. The molecule has 3 aromatic rings. The second-order valence-corrected chi connectivity index (χ2v) is 10.2. The lowest BCUT2D eigenvalue weighted by atomic mass is 10.2. The second kappa shape index (κ2) is 11.5. The van der Waals surface area contributed by atoms with Crippen molar-refractivity contribution in [1.82, 2.24) is 40.0 Å². The summed E-state index contributed by atoms with van der Waals surface area (Å²) in [6.07, 6.45) is 6.68. The van der Waals surface area contributed by atoms with Gasteiger partial charge in [0.05, 0.1) is 25.1 Å². The van der Waals surface area contributed by atoms with Gasteiger partial charge < -0.3 is 34.8 Å². The minimum Gasteiger partial charge on any atom is -0.453 e. The highest BCUT2D eigenvalue weighted by Crippen LogP contribution is 2.39. The van der Waals surface area contributed by atoms with Gasteiger partial charge in [-0.25, -0.2) is 9.78 Å². The van der Waals surface area contributed by atoms with Crippen molar-refractivity contribution < 1.29 is 19.1 Å². The van der Waals surface area contributed by atoms with Crippen LogP contribution in [0.15, 0.2) is 24.7 Å². The molecule has 3 aliphatic rings. The Morgan fingerprint density at radius 3 is 2.56 bits per heavy atom. The van der Waals surface area contributed by atoms with Gasteiger partial charge in [0.25, 0.3) is 0 Å². The van der Waals surface area contributed by atoms with Gasteiger partial charge in [-0.3, -0.25) is 14.9 Å². The van der Waals surface area contributed by atoms with Crippen molar-refractivity contribution in [3.8, 4) is 0 Å². The van der Waals surface area contributed by atoms with Gasteiger partial charge in [-0.15, -0.1) is 0 Å². The minimum absolute atomic E-state index is 0.207. The van der Waals surface area contributed by atoms with Crippen molar-refractivity contribution in [3.05, 3.63) is 30.4 Å². The largest absolute Gasteiger partial charge is 0.453 e. The van der Waals surface area contributed by atoms with Crippen LogP contribution in [-0.2, 0) is 14.3 Å². The van der Waals surface area contributed by atoms with Crippen LogP contribution in [0.3, 0.4) is 0 Å². The molecule has 5 heterocycles. The number of H-pyrrole nitrogens is 1. The van der Waals surface area contributed by atoms with Crippen LogP contribution < -0.4 is 20.4 Å². The van der Waals surface area contributed by atoms with Crippen LogP contribution >= 0.6 is 0 Å². The molecule has 2 amide bonds. The molecule has 3 N–H and O–H groups in total. The normalized spacial score (nSPS) is 20.7. The molecule has 0 aromatic carbocycles. The molecule has 2 aliphatic heterocycles. The van der Waals surface area contributed by atoms with Gasteiger partial charge in [0.2, 0.25) is 23.8 Å². The number of nitrogens with one attached hydrogen (secondary N) is 3. The summed E-state index contributed by atoms with van der Waals surface area (Å²) in [6, 6.07) is 1.35. The molecule has 0 bridgehead atoms. The molecule has 2 saturated heterocycles. The first-order valence-corrected chi connectivity index (χ1v) is 13.5. The van der Waals surface area contributed by atoms with E-state index in [4.69, 9.17) is 24.4 Å². The van der Waals surface area contributed by atoms with E-state index in [-0.39, 0.29) is 18.1 Å². The molecule has 0 unspecified atom stereocenters. The van der Waals surface area contributed by atoms with E-state index in [1.807, 2.05) is 15.9 Å². The monoisotopic (exact) mass is 564 g/mol. The molecule has 0 radical (unpaired) electrons. The van der Waals surface area contributed by atoms with Crippen LogP contribution in [0.2, 0.25) is 0 Å². The van der Waals surface area contributed by atoms with E-state index in [9.17, 15) is 9.59 Å². The molecular formula is C25H32N12O4. The van der Waals surface area contributed by atoms with Crippen molar-refractivity contribution in [2.45, 2.75) is 37.3 Å². The molecule has 2 atom stereocenters. The molecule has 0 spiro atoms. The standard InChI is InChI=1S/C25H32N12O4/c1-40-16-11-18(21(38)28-20-13-26-5-6-27-20)37(14-16)24-31-22(29-19-12-17(33-34-19)15-3-4-15)30-23(32-24)35-7-9-36(10-8-35)25(39)41-2/h5-6,12-13,15-16,18H,3-4,7-11,14H2,1-2H3,(H,27,28,38)(H2,29,30,31,32,33,34)/t16-,18-/m0/s1. The summed E-state index contributed by atoms with van der Waals surface area (Å²) in [5, 5.41) is 13.5. The first-order chi connectivity index (χ1) is 20.0. The molecule has 16 heteroatoms. The Morgan fingerprint density at radius 1 is 1.05 bits per heavy atom. The van der Waals surface area contributed by atoms with Crippen LogP contribution in [0.25, 0.3) is 0 Å². The molecule has 6 rings (SSSR count). The zero-order valence-electron chi connectivity index (χ0n) is 22.9. The highest BCUT2D eigenvalue weighted by Gasteiger charge is 2.39. The van der Waals surface area contributed by atoms with Crippen molar-refractivity contribution in [2.75, 3.05) is 67.4 Å². The smallest absolute Gasteiger partial charge is 0.409 e. The molecule has 16 nitrogen and oxygen atoms in total. The molecule has 216 valence electrons. The summed E-state index contributed by atoms with van der Waals surface area (Å²) in [5.41, 5.74) is 1.00. The van der Waals surface area contributed by atoms with Crippen LogP contribution in [0.5, 0.6) is 0 Å². The van der Waals surface area contributed by atoms with Crippen LogP contribution in [0.1, 0.15) is 30.9 Å². The Balaban J connectivity index is 1.29. The number of aromatic nitrogens is 7. The van der Waals surface area contributed by atoms with Crippen molar-refractivity contribution in [3.63, 3.8) is 0 Å². The maximum Gasteiger partial charge on any atom is 0.409 e. The third-order valence-electron chi connectivity index (χ3n) is 7.42. The van der Waals surface area contributed by atoms with E-state index in [0.29, 0.717) is 74.5 Å². The Kier molecular flexibility index (Phi) is 7.45. The van der Waals surface area contributed by atoms with E-state index >= 15 is 0 Å². The van der Waals surface area contributed by atoms with Crippen molar-refractivity contribution >= 4 is 41.5 Å². The Hall–Kier alpha value is -4.60. The van der Waals surface area contributed by atoms with E-state index < -0.39 is 6.04 Å². The van der Waals surface area contributed by atoms with Crippen molar-refractivity contribution in [1.29, 1.82) is 0 Å². The fourth-order valence-corrected chi connectivity index (χ4v) is 5.02. The molecular weight excluding hydrogens is 532 g/mol. The quantitative estimate of drug-likeness (QED) is 0.355. The number of aromatic amines is 1. The third-order valence-corrected chi connectivity index (χ3v) is 7.42. The Morgan fingerprint density at radius 2 is 1.85 bits per heavy atom. The summed E-state index contributed by atoms with van der Waals surface area (Å²) in [4.78, 5) is 53.2. The van der Waals surface area contributed by atoms with Gasteiger partial charge in [-0.05, 0) is 12.8 Å². The van der Waals surface area contributed by atoms with E-state index in [0.717, 1.165) is 18.5 Å². The van der Waals surface area contributed by atoms with Crippen LogP contribution in [0, 0.1) is 0 Å². The zero-order chi connectivity index (χ0) is 28.3. The average molecular weight is 565 g/mol. The summed E-state index contributed by atoms with van der Waals surface area (Å²) in [7, 11) is 2.99. The Labute approximate surface area is 235 Å². The summed E-state index contributed by atoms with van der Waals surface area (Å²) in [6.45, 7) is 2.33. The van der Waals surface area contributed by atoms with Gasteiger partial charge >= 0.3 is 6.09 Å². The van der Waals surface area contributed by atoms with Crippen LogP contribution in [0.4, 0.5) is 34.3 Å². The SMILES string of the molecule is COC(=O)N1CCN(c2nc(Nc3cc(C4CC4)n[nH]3)nc(N3C[C@@H](OC)C[C@H]3C(=O)Nc3cnccn3)n2)CC1. The van der Waals surface area contributed by atoms with Crippen LogP contribution in [-0.4, -0.2) is 111 Å². The average Bonchev–Trinajstić information content (AvgIpc) is 3.59. The maximum atomic E-state index is 13.4. The first-order valence-electron chi connectivity index (χ1n) is 13.5. The van der Waals surface area contributed by atoms with E-state index in [1.54, 1.807) is 12.0 Å². The number of anilines is 5. The van der Waals surface area contributed by atoms with E-state index in [1.165, 1.54) is 25.7 Å². The second-order valence-electron chi connectivity index (χ2n) is 10.2. The van der Waals surface area contributed by atoms with Gasteiger partial charge in [0.1, 0.15) is 11.9 Å². The predicted molar refractivity (Wildman–Crippen MR) is 147 cm³/mol. The summed E-state index contributed by atoms with van der Waals surface area (Å²) in [5.74, 6) is 2.30. The molecule has 3 fully saturated rings. The number of carbonyl (C=O) groups excluding carboxylic acids is 2. The zero-order valence-corrected chi connectivity index (χ0v) is 22.9. The summed E-state index contributed by atoms with van der Waals surface area (Å²) >= 11 is 0. The Bertz CT molecular complexity index is 1380. The highest BCUT2D eigenvalue weighted by molar-refractivity contribution is 5.96. The molecule has 3 aromatic heterocycles. The van der Waals surface area contributed by atoms with Gasteiger partial charge in [0, 0.05) is 70.6 Å². The number of ether oxygens (including phenoxy) is 2. The van der Waals surface area contributed by atoms with Gasteiger partial charge in [-0.1, -0.05) is 0 Å². The maximum absolute atomic E-state index is 13.4. The number of piperazine rings is 1. The number of nitrogens with zero attached hydrogens (tertiary/aromatic N) is 9. The number of carbonyl (C=O) groups is 2. The van der Waals surface area contributed by atoms with Gasteiger partial charge in [-0.2, -0.15) is 20.1 Å². The summed E-state index contributed by atoms with van der Waals surface area (Å²) < 4.78 is 10.5. The molecule has 41 heavy (non-hydrogen) atoms. The van der Waals surface area contributed by atoms with Crippen molar-refractivity contribution in [2.24, 2.45) is 0 Å².